The predicted molar refractivity (Wildman–Crippen MR) is 127 cm³/mol. The first kappa shape index (κ1) is 24.3. The van der Waals surface area contributed by atoms with Gasteiger partial charge in [-0.3, -0.25) is 4.79 Å². The van der Waals surface area contributed by atoms with Crippen molar-refractivity contribution in [3.05, 3.63) is 42.0 Å². The standard InChI is InChI=1S/C23H29N3O7S/c1-30-18-13-17(14-19(15-18)31-2)23(27)24-21-16-20(34(28,29)26-7-11-33-12-8-26)3-4-22(21)25-5-9-32-10-6-25/h3-4,13-16H,5-12H2,1-2H3,(H,24,27). The van der Waals surface area contributed by atoms with Gasteiger partial charge in [0.2, 0.25) is 10.0 Å². The van der Waals surface area contributed by atoms with E-state index in [1.165, 1.54) is 24.6 Å². The second kappa shape index (κ2) is 10.6. The molecule has 0 bridgehead atoms. The first-order valence-corrected chi connectivity index (χ1v) is 12.5. The Kier molecular flexibility index (Phi) is 7.57. The molecule has 0 radical (unpaired) electrons. The fourth-order valence-electron chi connectivity index (χ4n) is 3.92. The highest BCUT2D eigenvalue weighted by atomic mass is 32.2. The Hall–Kier alpha value is -2.86. The summed E-state index contributed by atoms with van der Waals surface area (Å²) >= 11 is 0. The van der Waals surface area contributed by atoms with E-state index in [1.807, 2.05) is 0 Å². The smallest absolute Gasteiger partial charge is 0.255 e. The van der Waals surface area contributed by atoms with Gasteiger partial charge in [-0.2, -0.15) is 4.31 Å². The van der Waals surface area contributed by atoms with Crippen molar-refractivity contribution in [3.8, 4) is 11.5 Å². The number of sulfonamides is 1. The van der Waals surface area contributed by atoms with E-state index >= 15 is 0 Å². The lowest BCUT2D eigenvalue weighted by Crippen LogP contribution is -2.40. The number of carbonyl (C=O) groups is 1. The SMILES string of the molecule is COc1cc(OC)cc(C(=O)Nc2cc(S(=O)(=O)N3CCOCC3)ccc2N2CCOCC2)c1. The molecule has 0 aromatic heterocycles. The van der Waals surface area contributed by atoms with Crippen molar-refractivity contribution < 1.29 is 32.2 Å². The predicted octanol–water partition coefficient (Wildman–Crippen LogP) is 1.81. The molecule has 4 rings (SSSR count). The number of amides is 1. The summed E-state index contributed by atoms with van der Waals surface area (Å²) < 4.78 is 49.2. The lowest BCUT2D eigenvalue weighted by molar-refractivity contribution is 0.0730. The van der Waals surface area contributed by atoms with Crippen LogP contribution in [0, 0.1) is 0 Å². The minimum Gasteiger partial charge on any atom is -0.497 e. The Morgan fingerprint density at radius 3 is 2.06 bits per heavy atom. The van der Waals surface area contributed by atoms with Crippen molar-refractivity contribution >= 4 is 27.3 Å². The number of hydrogen-bond acceptors (Lipinski definition) is 8. The number of benzene rings is 2. The highest BCUT2D eigenvalue weighted by Crippen LogP contribution is 2.32. The summed E-state index contributed by atoms with van der Waals surface area (Å²) in [5.74, 6) is 0.538. The Labute approximate surface area is 199 Å². The highest BCUT2D eigenvalue weighted by molar-refractivity contribution is 7.89. The average Bonchev–Trinajstić information content (AvgIpc) is 2.89. The van der Waals surface area contributed by atoms with Crippen molar-refractivity contribution in [1.29, 1.82) is 0 Å². The van der Waals surface area contributed by atoms with Gasteiger partial charge < -0.3 is 29.2 Å². The van der Waals surface area contributed by atoms with Gasteiger partial charge in [-0.1, -0.05) is 0 Å². The number of rotatable bonds is 7. The van der Waals surface area contributed by atoms with Gasteiger partial charge in [-0.05, 0) is 30.3 Å². The summed E-state index contributed by atoms with van der Waals surface area (Å²) in [5, 5.41) is 2.90. The van der Waals surface area contributed by atoms with E-state index in [1.54, 1.807) is 30.3 Å². The summed E-state index contributed by atoms with van der Waals surface area (Å²) in [5.41, 5.74) is 1.46. The minimum absolute atomic E-state index is 0.116. The summed E-state index contributed by atoms with van der Waals surface area (Å²) in [6.07, 6.45) is 0. The number of nitrogens with zero attached hydrogens (tertiary/aromatic N) is 2. The maximum atomic E-state index is 13.2. The fourth-order valence-corrected chi connectivity index (χ4v) is 5.36. The monoisotopic (exact) mass is 491 g/mol. The van der Waals surface area contributed by atoms with Gasteiger partial charge in [0.25, 0.3) is 5.91 Å². The number of carbonyl (C=O) groups excluding carboxylic acids is 1. The van der Waals surface area contributed by atoms with Crippen molar-refractivity contribution in [2.24, 2.45) is 0 Å². The van der Waals surface area contributed by atoms with E-state index < -0.39 is 15.9 Å². The van der Waals surface area contributed by atoms with Crippen molar-refractivity contribution in [3.63, 3.8) is 0 Å². The molecule has 0 atom stereocenters. The van der Waals surface area contributed by atoms with Crippen LogP contribution in [0.1, 0.15) is 10.4 Å². The summed E-state index contributed by atoms with van der Waals surface area (Å²) in [7, 11) is -0.721. The van der Waals surface area contributed by atoms with Crippen LogP contribution in [0.25, 0.3) is 0 Å². The van der Waals surface area contributed by atoms with E-state index in [9.17, 15) is 13.2 Å². The van der Waals surface area contributed by atoms with Gasteiger partial charge in [-0.25, -0.2) is 8.42 Å². The minimum atomic E-state index is -3.73. The number of ether oxygens (including phenoxy) is 4. The molecule has 2 saturated heterocycles. The van der Waals surface area contributed by atoms with Crippen LogP contribution in [0.5, 0.6) is 11.5 Å². The number of methoxy groups -OCH3 is 2. The molecule has 2 aromatic rings. The van der Waals surface area contributed by atoms with Crippen LogP contribution < -0.4 is 19.7 Å². The quantitative estimate of drug-likeness (QED) is 0.625. The second-order valence-electron chi connectivity index (χ2n) is 7.85. The molecule has 10 nitrogen and oxygen atoms in total. The molecule has 1 N–H and O–H groups in total. The Balaban J connectivity index is 1.69. The van der Waals surface area contributed by atoms with Gasteiger partial charge in [0.15, 0.2) is 0 Å². The molecule has 0 spiro atoms. The zero-order valence-electron chi connectivity index (χ0n) is 19.3. The topological polar surface area (TPSA) is 107 Å². The van der Waals surface area contributed by atoms with E-state index in [0.717, 1.165) is 5.69 Å². The summed E-state index contributed by atoms with van der Waals surface area (Å²) in [6.45, 7) is 3.65. The molecule has 0 unspecified atom stereocenters. The lowest BCUT2D eigenvalue weighted by Gasteiger charge is -2.31. The molecule has 2 fully saturated rings. The third-order valence-corrected chi connectivity index (χ3v) is 7.68. The number of nitrogens with one attached hydrogen (secondary N) is 1. The molecule has 0 aliphatic carbocycles. The molecule has 0 saturated carbocycles. The number of hydrogen-bond donors (Lipinski definition) is 1. The first-order chi connectivity index (χ1) is 16.4. The molecule has 2 aromatic carbocycles. The van der Waals surface area contributed by atoms with Crippen molar-refractivity contribution in [2.75, 3.05) is 77.0 Å². The first-order valence-electron chi connectivity index (χ1n) is 11.0. The van der Waals surface area contributed by atoms with Crippen LogP contribution in [0.15, 0.2) is 41.3 Å². The number of anilines is 2. The molecule has 184 valence electrons. The summed E-state index contributed by atoms with van der Waals surface area (Å²) in [6, 6.07) is 9.71. The van der Waals surface area contributed by atoms with E-state index in [-0.39, 0.29) is 4.90 Å². The Morgan fingerprint density at radius 2 is 1.47 bits per heavy atom. The van der Waals surface area contributed by atoms with Gasteiger partial charge in [0, 0.05) is 37.8 Å². The lowest BCUT2D eigenvalue weighted by atomic mass is 10.1. The maximum Gasteiger partial charge on any atom is 0.255 e. The second-order valence-corrected chi connectivity index (χ2v) is 9.79. The maximum absolute atomic E-state index is 13.2. The third-order valence-electron chi connectivity index (χ3n) is 5.79. The normalized spacial score (nSPS) is 17.3. The molecule has 2 aliphatic rings. The number of morpholine rings is 2. The van der Waals surface area contributed by atoms with Crippen LogP contribution in [0.3, 0.4) is 0 Å². The van der Waals surface area contributed by atoms with Crippen LogP contribution in [-0.2, 0) is 19.5 Å². The molecule has 1 amide bonds. The van der Waals surface area contributed by atoms with Gasteiger partial charge >= 0.3 is 0 Å². The highest BCUT2D eigenvalue weighted by Gasteiger charge is 2.28. The van der Waals surface area contributed by atoms with E-state index in [2.05, 4.69) is 10.2 Å². The fraction of sp³-hybridized carbons (Fsp3) is 0.435. The van der Waals surface area contributed by atoms with E-state index in [4.69, 9.17) is 18.9 Å². The van der Waals surface area contributed by atoms with Crippen LogP contribution in [0.2, 0.25) is 0 Å². The molecule has 11 heteroatoms. The van der Waals surface area contributed by atoms with Crippen LogP contribution in [-0.4, -0.2) is 85.5 Å². The van der Waals surface area contributed by atoms with Crippen LogP contribution >= 0.6 is 0 Å². The Morgan fingerprint density at radius 1 is 0.882 bits per heavy atom. The van der Waals surface area contributed by atoms with E-state index in [0.29, 0.717) is 75.4 Å². The molecular formula is C23H29N3O7S. The molecule has 34 heavy (non-hydrogen) atoms. The largest absolute Gasteiger partial charge is 0.497 e. The Bertz CT molecular complexity index is 1110. The van der Waals surface area contributed by atoms with Gasteiger partial charge in [-0.15, -0.1) is 0 Å². The summed E-state index contributed by atoms with van der Waals surface area (Å²) in [4.78, 5) is 15.4. The van der Waals surface area contributed by atoms with Gasteiger partial charge in [0.05, 0.1) is 56.9 Å². The third kappa shape index (κ3) is 5.27. The molecular weight excluding hydrogens is 462 g/mol. The van der Waals surface area contributed by atoms with Crippen molar-refractivity contribution in [1.82, 2.24) is 4.31 Å². The van der Waals surface area contributed by atoms with Crippen molar-refractivity contribution in [2.45, 2.75) is 4.90 Å². The molecule has 2 aliphatic heterocycles. The average molecular weight is 492 g/mol. The van der Waals surface area contributed by atoms with Gasteiger partial charge in [0.1, 0.15) is 11.5 Å². The van der Waals surface area contributed by atoms with Crippen LogP contribution in [0.4, 0.5) is 11.4 Å². The zero-order chi connectivity index (χ0) is 24.1. The zero-order valence-corrected chi connectivity index (χ0v) is 20.1. The molecule has 2 heterocycles.